The summed E-state index contributed by atoms with van der Waals surface area (Å²) in [4.78, 5) is 67.8. The number of nitrogens with zero attached hydrogens (tertiary/aromatic N) is 5. The lowest BCUT2D eigenvalue weighted by atomic mass is 10.1. The lowest BCUT2D eigenvalue weighted by Gasteiger charge is -2.35. The molecule has 2 aromatic rings. The van der Waals surface area contributed by atoms with Crippen molar-refractivity contribution in [2.45, 2.75) is 44.8 Å². The third kappa shape index (κ3) is 9.35. The third-order valence-corrected chi connectivity index (χ3v) is 7.10. The number of nitrogens with one attached hydrogen (secondary N) is 1. The highest BCUT2D eigenvalue weighted by Crippen LogP contribution is 2.22. The van der Waals surface area contributed by atoms with Gasteiger partial charge in [0, 0.05) is 37.7 Å². The van der Waals surface area contributed by atoms with Crippen LogP contribution < -0.4 is 10.1 Å². The third-order valence-electron chi connectivity index (χ3n) is 7.10. The lowest BCUT2D eigenvalue weighted by Crippen LogP contribution is -2.55. The van der Waals surface area contributed by atoms with Gasteiger partial charge >= 0.3 is 12.1 Å². The van der Waals surface area contributed by atoms with Gasteiger partial charge in [0.2, 0.25) is 11.8 Å². The first-order chi connectivity index (χ1) is 20.7. The van der Waals surface area contributed by atoms with Crippen molar-refractivity contribution in [3.05, 3.63) is 42.1 Å². The first kappa shape index (κ1) is 31.6. The minimum atomic E-state index is -1.12. The van der Waals surface area contributed by atoms with Gasteiger partial charge in [-0.25, -0.2) is 9.78 Å². The Kier molecular flexibility index (Phi) is 11.2. The zero-order valence-corrected chi connectivity index (χ0v) is 24.4. The molecule has 0 saturated carbocycles. The van der Waals surface area contributed by atoms with Crippen LogP contribution in [0.5, 0.6) is 5.88 Å². The number of likely N-dealkylation sites (N-methyl/N-ethyl adjacent to an activating group) is 1. The summed E-state index contributed by atoms with van der Waals surface area (Å²) in [5.41, 5.74) is 0.679. The molecule has 2 aliphatic rings. The van der Waals surface area contributed by atoms with E-state index < -0.39 is 30.0 Å². The van der Waals surface area contributed by atoms with E-state index in [0.717, 1.165) is 25.9 Å². The van der Waals surface area contributed by atoms with Crippen molar-refractivity contribution in [1.82, 2.24) is 30.1 Å². The number of carbonyl (C=O) groups is 4. The van der Waals surface area contributed by atoms with Gasteiger partial charge in [-0.1, -0.05) is 30.3 Å². The Hall–Kier alpha value is -4.30. The molecular formula is C29H38N6O8. The number of carboxylic acids is 1. The van der Waals surface area contributed by atoms with E-state index in [9.17, 15) is 24.3 Å². The minimum Gasteiger partial charge on any atom is -0.481 e. The molecule has 1 aromatic heterocycles. The molecule has 3 heterocycles. The number of rotatable bonds is 11. The maximum absolute atomic E-state index is 13.5. The first-order valence-electron chi connectivity index (χ1n) is 14.4. The van der Waals surface area contributed by atoms with Gasteiger partial charge in [0.05, 0.1) is 19.7 Å². The molecule has 4 rings (SSSR count). The van der Waals surface area contributed by atoms with Crippen LogP contribution in [-0.2, 0) is 19.2 Å². The summed E-state index contributed by atoms with van der Waals surface area (Å²) in [5.74, 6) is -1.66. The van der Waals surface area contributed by atoms with Crippen LogP contribution in [0.2, 0.25) is 0 Å². The molecule has 0 bridgehead atoms. The summed E-state index contributed by atoms with van der Waals surface area (Å²) in [6.07, 6.45) is 0.443. The Balaban J connectivity index is 1.50. The highest BCUT2D eigenvalue weighted by molar-refractivity contribution is 5.96. The van der Waals surface area contributed by atoms with Crippen LogP contribution >= 0.6 is 0 Å². The van der Waals surface area contributed by atoms with Crippen molar-refractivity contribution in [3.8, 4) is 17.3 Å². The zero-order valence-electron chi connectivity index (χ0n) is 24.4. The van der Waals surface area contributed by atoms with Gasteiger partial charge in [0.15, 0.2) is 5.82 Å². The van der Waals surface area contributed by atoms with Gasteiger partial charge in [-0.15, -0.1) is 5.06 Å². The summed E-state index contributed by atoms with van der Waals surface area (Å²) < 4.78 is 11.0. The fourth-order valence-corrected chi connectivity index (χ4v) is 4.93. The Morgan fingerprint density at radius 3 is 2.49 bits per heavy atom. The predicted octanol–water partition coefficient (Wildman–Crippen LogP) is 1.81. The van der Waals surface area contributed by atoms with Crippen LogP contribution in [0.25, 0.3) is 11.4 Å². The fourth-order valence-electron chi connectivity index (χ4n) is 4.93. The minimum absolute atomic E-state index is 0.00574. The normalized spacial score (nSPS) is 18.4. The summed E-state index contributed by atoms with van der Waals surface area (Å²) >= 11 is 0. The van der Waals surface area contributed by atoms with Crippen LogP contribution in [0, 0.1) is 0 Å². The number of piperazine rings is 1. The lowest BCUT2D eigenvalue weighted by molar-refractivity contribution is -0.157. The quantitative estimate of drug-likeness (QED) is 0.361. The van der Waals surface area contributed by atoms with E-state index in [-0.39, 0.29) is 63.3 Å². The SMILES string of the molecule is CCOC(=O)ON1CCN(C(=O)C(CCC(=O)O)NC(=O)c2cc(O[C@H]3CCCN(C)C3)nc(-c3ccccc3)n2)CC1. The molecule has 14 nitrogen and oxygen atoms in total. The Labute approximate surface area is 249 Å². The molecule has 1 aromatic carbocycles. The van der Waals surface area contributed by atoms with Crippen molar-refractivity contribution in [1.29, 1.82) is 0 Å². The molecule has 43 heavy (non-hydrogen) atoms. The van der Waals surface area contributed by atoms with Crippen LogP contribution in [0.15, 0.2) is 36.4 Å². The number of aliphatic carboxylic acids is 1. The molecular weight excluding hydrogens is 560 g/mol. The van der Waals surface area contributed by atoms with E-state index in [2.05, 4.69) is 20.2 Å². The highest BCUT2D eigenvalue weighted by atomic mass is 16.8. The second-order valence-electron chi connectivity index (χ2n) is 10.4. The number of hydrogen-bond acceptors (Lipinski definition) is 11. The molecule has 2 fully saturated rings. The molecule has 0 aliphatic carbocycles. The van der Waals surface area contributed by atoms with E-state index >= 15 is 0 Å². The van der Waals surface area contributed by atoms with Crippen molar-refractivity contribution in [2.24, 2.45) is 0 Å². The van der Waals surface area contributed by atoms with Crippen molar-refractivity contribution >= 4 is 23.9 Å². The largest absolute Gasteiger partial charge is 0.527 e. The number of benzene rings is 1. The van der Waals surface area contributed by atoms with Crippen LogP contribution in [0.3, 0.4) is 0 Å². The van der Waals surface area contributed by atoms with Crippen LogP contribution in [0.1, 0.15) is 43.1 Å². The molecule has 2 aliphatic heterocycles. The van der Waals surface area contributed by atoms with Crippen molar-refractivity contribution in [3.63, 3.8) is 0 Å². The van der Waals surface area contributed by atoms with Gasteiger partial charge in [-0.2, -0.15) is 4.98 Å². The number of amides is 2. The Bertz CT molecular complexity index is 1270. The molecule has 2 atom stereocenters. The second-order valence-corrected chi connectivity index (χ2v) is 10.4. The van der Waals surface area contributed by atoms with Crippen LogP contribution in [-0.4, -0.2) is 119 Å². The monoisotopic (exact) mass is 598 g/mol. The number of piperidine rings is 1. The number of carbonyl (C=O) groups excluding carboxylic acids is 3. The van der Waals surface area contributed by atoms with Gasteiger partial charge in [-0.3, -0.25) is 14.4 Å². The molecule has 2 saturated heterocycles. The van der Waals surface area contributed by atoms with Gasteiger partial charge in [-0.05, 0) is 39.8 Å². The summed E-state index contributed by atoms with van der Waals surface area (Å²) in [7, 11) is 2.02. The van der Waals surface area contributed by atoms with Crippen molar-refractivity contribution in [2.75, 3.05) is 52.9 Å². The van der Waals surface area contributed by atoms with Gasteiger partial charge in [0.25, 0.3) is 5.91 Å². The predicted molar refractivity (Wildman–Crippen MR) is 153 cm³/mol. The number of ether oxygens (including phenoxy) is 2. The summed E-state index contributed by atoms with van der Waals surface area (Å²) in [6, 6.07) is 9.49. The Morgan fingerprint density at radius 2 is 1.81 bits per heavy atom. The average Bonchev–Trinajstić information content (AvgIpc) is 2.99. The van der Waals surface area contributed by atoms with E-state index in [4.69, 9.17) is 14.3 Å². The molecule has 2 amide bonds. The van der Waals surface area contributed by atoms with E-state index in [1.807, 2.05) is 37.4 Å². The topological polar surface area (TPSA) is 164 Å². The molecule has 2 N–H and O–H groups in total. The van der Waals surface area contributed by atoms with E-state index in [1.165, 1.54) is 16.0 Å². The van der Waals surface area contributed by atoms with Gasteiger partial charge < -0.3 is 34.5 Å². The maximum atomic E-state index is 13.5. The van der Waals surface area contributed by atoms with Crippen molar-refractivity contribution < 1.29 is 38.6 Å². The molecule has 0 radical (unpaired) electrons. The number of hydroxylamine groups is 2. The Morgan fingerprint density at radius 1 is 1.07 bits per heavy atom. The highest BCUT2D eigenvalue weighted by Gasteiger charge is 2.31. The zero-order chi connectivity index (χ0) is 30.8. The smallest absolute Gasteiger partial charge is 0.481 e. The summed E-state index contributed by atoms with van der Waals surface area (Å²) in [5, 5.41) is 13.4. The van der Waals surface area contributed by atoms with Gasteiger partial charge in [0.1, 0.15) is 17.8 Å². The van der Waals surface area contributed by atoms with E-state index in [0.29, 0.717) is 11.4 Å². The number of hydrogen-bond donors (Lipinski definition) is 2. The second kappa shape index (κ2) is 15.3. The number of carboxylic acid groups (broad SMARTS) is 1. The standard InChI is InChI=1S/C29H38N6O8/c1-3-41-29(40)43-35-16-14-34(15-17-35)28(39)22(11-12-25(36)37)31-27(38)23-18-24(42-21-10-7-13-33(2)19-21)32-26(30-23)20-8-5-4-6-9-20/h4-6,8-9,18,21-22H,3,7,10-17,19H2,1-2H3,(H,31,38)(H,36,37)/t21-,22?/m0/s1. The maximum Gasteiger partial charge on any atom is 0.527 e. The van der Waals surface area contributed by atoms with Crippen LogP contribution in [0.4, 0.5) is 4.79 Å². The number of aromatic nitrogens is 2. The molecule has 14 heteroatoms. The van der Waals surface area contributed by atoms with E-state index in [1.54, 1.807) is 6.92 Å². The molecule has 0 spiro atoms. The fraction of sp³-hybridized carbons (Fsp3) is 0.517. The molecule has 1 unspecified atom stereocenters. The molecule has 232 valence electrons. The summed E-state index contributed by atoms with van der Waals surface area (Å²) in [6.45, 7) is 4.40. The first-order valence-corrected chi connectivity index (χ1v) is 14.4. The number of likely N-dealkylation sites (tertiary alicyclic amines) is 1. The average molecular weight is 599 g/mol.